The Morgan fingerprint density at radius 1 is 1.37 bits per heavy atom. The number of nitrogens with one attached hydrogen (secondary N) is 2. The Kier molecular flexibility index (Phi) is 5.31. The Hall–Kier alpha value is -0.970. The van der Waals surface area contributed by atoms with E-state index < -0.39 is 0 Å². The molecule has 0 aliphatic heterocycles. The molecule has 1 aliphatic rings. The molecule has 106 valence electrons. The summed E-state index contributed by atoms with van der Waals surface area (Å²) >= 11 is 2.07. The lowest BCUT2D eigenvalue weighted by Gasteiger charge is -2.21. The highest BCUT2D eigenvalue weighted by molar-refractivity contribution is 7.99. The fourth-order valence-corrected chi connectivity index (χ4v) is 3.71. The van der Waals surface area contributed by atoms with E-state index >= 15 is 0 Å². The van der Waals surface area contributed by atoms with Gasteiger partial charge in [0.05, 0.1) is 0 Å². The molecule has 0 amide bonds. The molecule has 2 N–H and O–H groups in total. The summed E-state index contributed by atoms with van der Waals surface area (Å²) in [4.78, 5) is 8.87. The second-order valence-electron chi connectivity index (χ2n) is 4.93. The molecule has 0 saturated heterocycles. The third-order valence-electron chi connectivity index (χ3n) is 3.46. The molecule has 0 spiro atoms. The first-order valence-electron chi connectivity index (χ1n) is 7.20. The van der Waals surface area contributed by atoms with E-state index in [4.69, 9.17) is 0 Å². The Morgan fingerprint density at radius 2 is 2.21 bits per heavy atom. The van der Waals surface area contributed by atoms with Crippen LogP contribution in [0.2, 0.25) is 0 Å². The fourth-order valence-electron chi connectivity index (χ4n) is 2.51. The van der Waals surface area contributed by atoms with Gasteiger partial charge in [0.1, 0.15) is 5.82 Å². The van der Waals surface area contributed by atoms with E-state index in [1.807, 2.05) is 6.20 Å². The SMILES string of the molecule is CCNc1ncc(C)c(NC2CCCC2SCC)n1. The highest BCUT2D eigenvalue weighted by Crippen LogP contribution is 2.32. The molecule has 19 heavy (non-hydrogen) atoms. The van der Waals surface area contributed by atoms with Gasteiger partial charge in [-0.2, -0.15) is 16.7 Å². The molecule has 0 bridgehead atoms. The van der Waals surface area contributed by atoms with Crippen LogP contribution in [0.15, 0.2) is 6.20 Å². The molecule has 2 rings (SSSR count). The van der Waals surface area contributed by atoms with Crippen molar-refractivity contribution in [2.75, 3.05) is 22.9 Å². The molecule has 4 nitrogen and oxygen atoms in total. The van der Waals surface area contributed by atoms with Crippen molar-refractivity contribution in [1.82, 2.24) is 9.97 Å². The number of hydrogen-bond donors (Lipinski definition) is 2. The summed E-state index contributed by atoms with van der Waals surface area (Å²) in [5.41, 5.74) is 1.12. The molecule has 1 heterocycles. The number of hydrogen-bond acceptors (Lipinski definition) is 5. The van der Waals surface area contributed by atoms with Gasteiger partial charge in [0, 0.05) is 29.6 Å². The lowest BCUT2D eigenvalue weighted by Crippen LogP contribution is -2.27. The van der Waals surface area contributed by atoms with Crippen molar-refractivity contribution in [3.8, 4) is 0 Å². The van der Waals surface area contributed by atoms with E-state index in [-0.39, 0.29) is 0 Å². The molecular formula is C14H24N4S. The average molecular weight is 280 g/mol. The Balaban J connectivity index is 2.06. The van der Waals surface area contributed by atoms with Crippen LogP contribution in [-0.4, -0.2) is 33.6 Å². The van der Waals surface area contributed by atoms with Crippen molar-refractivity contribution in [2.45, 2.75) is 51.3 Å². The van der Waals surface area contributed by atoms with Gasteiger partial charge in [0.15, 0.2) is 0 Å². The van der Waals surface area contributed by atoms with Crippen LogP contribution >= 0.6 is 11.8 Å². The average Bonchev–Trinajstić information content (AvgIpc) is 2.82. The summed E-state index contributed by atoms with van der Waals surface area (Å²) in [6.45, 7) is 7.20. The first-order valence-corrected chi connectivity index (χ1v) is 8.25. The second kappa shape index (κ2) is 6.98. The van der Waals surface area contributed by atoms with Gasteiger partial charge >= 0.3 is 0 Å². The maximum absolute atomic E-state index is 4.58. The van der Waals surface area contributed by atoms with Gasteiger partial charge in [0.25, 0.3) is 0 Å². The molecule has 5 heteroatoms. The number of anilines is 2. The quantitative estimate of drug-likeness (QED) is 0.837. The van der Waals surface area contributed by atoms with E-state index in [1.165, 1.54) is 25.0 Å². The topological polar surface area (TPSA) is 49.8 Å². The number of nitrogens with zero attached hydrogens (tertiary/aromatic N) is 2. The number of aryl methyl sites for hydroxylation is 1. The summed E-state index contributed by atoms with van der Waals surface area (Å²) in [7, 11) is 0. The van der Waals surface area contributed by atoms with Crippen LogP contribution in [0.3, 0.4) is 0 Å². The zero-order valence-electron chi connectivity index (χ0n) is 12.1. The molecule has 1 aromatic rings. The van der Waals surface area contributed by atoms with Crippen LogP contribution in [0.25, 0.3) is 0 Å². The van der Waals surface area contributed by atoms with Gasteiger partial charge in [0.2, 0.25) is 5.95 Å². The summed E-state index contributed by atoms with van der Waals surface area (Å²) in [5, 5.41) is 7.52. The Bertz CT molecular complexity index is 410. The molecule has 1 aliphatic carbocycles. The maximum Gasteiger partial charge on any atom is 0.224 e. The van der Waals surface area contributed by atoms with Crippen LogP contribution in [0.1, 0.15) is 38.7 Å². The second-order valence-corrected chi connectivity index (χ2v) is 6.45. The van der Waals surface area contributed by atoms with E-state index in [0.717, 1.165) is 23.2 Å². The van der Waals surface area contributed by atoms with Gasteiger partial charge in [-0.3, -0.25) is 0 Å². The van der Waals surface area contributed by atoms with Crippen molar-refractivity contribution in [1.29, 1.82) is 0 Å². The summed E-state index contributed by atoms with van der Waals surface area (Å²) in [5.74, 6) is 2.89. The third-order valence-corrected chi connectivity index (χ3v) is 4.79. The predicted octanol–water partition coefficient (Wildman–Crippen LogP) is 3.30. The summed E-state index contributed by atoms with van der Waals surface area (Å²) < 4.78 is 0. The Labute approximate surface area is 120 Å². The van der Waals surface area contributed by atoms with Crippen LogP contribution in [-0.2, 0) is 0 Å². The van der Waals surface area contributed by atoms with Crippen molar-refractivity contribution < 1.29 is 0 Å². The van der Waals surface area contributed by atoms with Crippen LogP contribution in [0, 0.1) is 6.92 Å². The zero-order valence-corrected chi connectivity index (χ0v) is 12.9. The fraction of sp³-hybridized carbons (Fsp3) is 0.714. The minimum atomic E-state index is 0.549. The van der Waals surface area contributed by atoms with Crippen molar-refractivity contribution in [3.63, 3.8) is 0 Å². The van der Waals surface area contributed by atoms with Crippen molar-refractivity contribution >= 4 is 23.5 Å². The van der Waals surface area contributed by atoms with Crippen LogP contribution in [0.4, 0.5) is 11.8 Å². The van der Waals surface area contributed by atoms with E-state index in [0.29, 0.717) is 12.0 Å². The lowest BCUT2D eigenvalue weighted by atomic mass is 10.2. The molecule has 2 unspecified atom stereocenters. The first-order chi connectivity index (χ1) is 9.24. The van der Waals surface area contributed by atoms with Crippen LogP contribution in [0.5, 0.6) is 0 Å². The van der Waals surface area contributed by atoms with Crippen LogP contribution < -0.4 is 10.6 Å². The van der Waals surface area contributed by atoms with Crippen molar-refractivity contribution in [3.05, 3.63) is 11.8 Å². The largest absolute Gasteiger partial charge is 0.366 e. The molecule has 1 fully saturated rings. The Morgan fingerprint density at radius 3 is 2.95 bits per heavy atom. The van der Waals surface area contributed by atoms with E-state index in [9.17, 15) is 0 Å². The van der Waals surface area contributed by atoms with E-state index in [1.54, 1.807) is 0 Å². The van der Waals surface area contributed by atoms with E-state index in [2.05, 4.69) is 53.1 Å². The highest BCUT2D eigenvalue weighted by atomic mass is 32.2. The zero-order chi connectivity index (χ0) is 13.7. The minimum absolute atomic E-state index is 0.549. The van der Waals surface area contributed by atoms with Gasteiger partial charge in [-0.15, -0.1) is 0 Å². The highest BCUT2D eigenvalue weighted by Gasteiger charge is 2.27. The smallest absolute Gasteiger partial charge is 0.224 e. The summed E-state index contributed by atoms with van der Waals surface area (Å²) in [6.07, 6.45) is 5.78. The molecule has 0 aromatic carbocycles. The monoisotopic (exact) mass is 280 g/mol. The minimum Gasteiger partial charge on any atom is -0.366 e. The molecule has 2 atom stereocenters. The maximum atomic E-state index is 4.58. The molecule has 0 radical (unpaired) electrons. The number of aromatic nitrogens is 2. The summed E-state index contributed by atoms with van der Waals surface area (Å²) in [6, 6.07) is 0.549. The normalized spacial score (nSPS) is 22.5. The van der Waals surface area contributed by atoms with Gasteiger partial charge in [-0.05, 0) is 32.4 Å². The molecular weight excluding hydrogens is 256 g/mol. The first kappa shape index (κ1) is 14.4. The predicted molar refractivity (Wildman–Crippen MR) is 84.1 cm³/mol. The third kappa shape index (κ3) is 3.75. The molecule has 1 aromatic heterocycles. The van der Waals surface area contributed by atoms with Gasteiger partial charge in [-0.1, -0.05) is 13.3 Å². The number of rotatable bonds is 6. The molecule has 1 saturated carbocycles. The van der Waals surface area contributed by atoms with Gasteiger partial charge < -0.3 is 10.6 Å². The number of thioether (sulfide) groups is 1. The van der Waals surface area contributed by atoms with Crippen molar-refractivity contribution in [2.24, 2.45) is 0 Å². The lowest BCUT2D eigenvalue weighted by molar-refractivity contribution is 0.760. The standard InChI is InChI=1S/C14H24N4S/c1-4-15-14-16-9-10(3)13(18-14)17-11-7-6-8-12(11)19-5-2/h9,11-12H,4-8H2,1-3H3,(H2,15,16,17,18). The van der Waals surface area contributed by atoms with Gasteiger partial charge in [-0.25, -0.2) is 4.98 Å².